The summed E-state index contributed by atoms with van der Waals surface area (Å²) in [6.07, 6.45) is 7.61. The monoisotopic (exact) mass is 422 g/mol. The lowest BCUT2D eigenvalue weighted by Crippen LogP contribution is -2.00. The van der Waals surface area contributed by atoms with E-state index >= 15 is 0 Å². The number of carbonyl (C=O) groups is 2. The molecule has 31 heavy (non-hydrogen) atoms. The van der Waals surface area contributed by atoms with Gasteiger partial charge in [0, 0.05) is 24.0 Å². The average molecular weight is 423 g/mol. The number of hydrogen-bond acceptors (Lipinski definition) is 3. The molecule has 0 fully saturated rings. The minimum atomic E-state index is 0.187. The molecule has 0 aromatic heterocycles. The molecular formula is C28H38O3. The molecule has 168 valence electrons. The van der Waals surface area contributed by atoms with Crippen molar-refractivity contribution in [2.45, 2.75) is 79.1 Å². The molecule has 0 radical (unpaired) electrons. The van der Waals surface area contributed by atoms with Crippen molar-refractivity contribution in [3.8, 4) is 11.5 Å². The maximum Gasteiger partial charge on any atom is 0.162 e. The first-order valence-electron chi connectivity index (χ1n) is 11.8. The highest BCUT2D eigenvalue weighted by atomic mass is 16.5. The molecule has 2 rings (SSSR count). The summed E-state index contributed by atoms with van der Waals surface area (Å²) >= 11 is 0. The molecule has 0 heterocycles. The third-order valence-corrected chi connectivity index (χ3v) is 5.46. The summed E-state index contributed by atoms with van der Waals surface area (Å²) < 4.78 is 5.87. The fraction of sp³-hybridized carbons (Fsp3) is 0.500. The Labute approximate surface area is 188 Å². The summed E-state index contributed by atoms with van der Waals surface area (Å²) in [6.45, 7) is 8.84. The van der Waals surface area contributed by atoms with E-state index in [2.05, 4.69) is 27.7 Å². The number of benzene rings is 2. The number of Topliss-reactive ketones (excluding diaryl/α,β-unsaturated/α-hetero) is 2. The minimum absolute atomic E-state index is 0.187. The maximum atomic E-state index is 12.3. The third kappa shape index (κ3) is 9.50. The van der Waals surface area contributed by atoms with E-state index in [0.717, 1.165) is 36.8 Å². The number of unbranched alkanes of at least 4 members (excludes halogenated alkanes) is 2. The number of hydrogen-bond donors (Lipinski definition) is 0. The van der Waals surface area contributed by atoms with Gasteiger partial charge in [-0.05, 0) is 73.2 Å². The van der Waals surface area contributed by atoms with Gasteiger partial charge >= 0.3 is 0 Å². The van der Waals surface area contributed by atoms with E-state index in [1.54, 1.807) is 0 Å². The second kappa shape index (κ2) is 13.1. The van der Waals surface area contributed by atoms with Crippen molar-refractivity contribution in [3.05, 3.63) is 59.7 Å². The van der Waals surface area contributed by atoms with Gasteiger partial charge in [0.2, 0.25) is 0 Å². The molecule has 3 heteroatoms. The van der Waals surface area contributed by atoms with Gasteiger partial charge in [0.05, 0.1) is 0 Å². The smallest absolute Gasteiger partial charge is 0.162 e. The summed E-state index contributed by atoms with van der Waals surface area (Å²) in [6, 6.07) is 14.6. The number of carbonyl (C=O) groups excluding carboxylic acids is 2. The Morgan fingerprint density at radius 2 is 0.968 bits per heavy atom. The van der Waals surface area contributed by atoms with Crippen LogP contribution in [0.25, 0.3) is 0 Å². The summed E-state index contributed by atoms with van der Waals surface area (Å²) in [4.78, 5) is 24.6. The molecule has 0 atom stereocenters. The maximum absolute atomic E-state index is 12.3. The van der Waals surface area contributed by atoms with Gasteiger partial charge in [-0.15, -0.1) is 0 Å². The number of ketones is 2. The molecule has 0 aliphatic carbocycles. The first-order chi connectivity index (χ1) is 14.8. The van der Waals surface area contributed by atoms with Gasteiger partial charge in [-0.25, -0.2) is 0 Å². The van der Waals surface area contributed by atoms with Gasteiger partial charge in [-0.3, -0.25) is 9.59 Å². The molecule has 0 unspecified atom stereocenters. The van der Waals surface area contributed by atoms with Crippen molar-refractivity contribution < 1.29 is 14.3 Å². The second-order valence-corrected chi connectivity index (χ2v) is 9.28. The van der Waals surface area contributed by atoms with Crippen molar-refractivity contribution >= 4 is 11.6 Å². The van der Waals surface area contributed by atoms with E-state index < -0.39 is 0 Å². The van der Waals surface area contributed by atoms with E-state index in [4.69, 9.17) is 4.74 Å². The molecule has 0 amide bonds. The molecule has 0 bridgehead atoms. The quantitative estimate of drug-likeness (QED) is 0.227. The Morgan fingerprint density at radius 3 is 1.29 bits per heavy atom. The lowest BCUT2D eigenvalue weighted by atomic mass is 10.0. The van der Waals surface area contributed by atoms with Gasteiger partial charge in [-0.1, -0.05) is 53.4 Å². The van der Waals surface area contributed by atoms with E-state index in [9.17, 15) is 9.59 Å². The lowest BCUT2D eigenvalue weighted by molar-refractivity contribution is 0.0971. The van der Waals surface area contributed by atoms with Crippen LogP contribution in [0.4, 0.5) is 0 Å². The fourth-order valence-electron chi connectivity index (χ4n) is 3.52. The zero-order chi connectivity index (χ0) is 22.6. The zero-order valence-corrected chi connectivity index (χ0v) is 19.7. The van der Waals surface area contributed by atoms with Gasteiger partial charge in [0.1, 0.15) is 11.5 Å². The van der Waals surface area contributed by atoms with Crippen molar-refractivity contribution in [3.63, 3.8) is 0 Å². The van der Waals surface area contributed by atoms with Crippen LogP contribution in [0.3, 0.4) is 0 Å². The summed E-state index contributed by atoms with van der Waals surface area (Å²) in [5.74, 6) is 3.12. The van der Waals surface area contributed by atoms with Crippen LogP contribution in [-0.2, 0) is 0 Å². The molecule has 3 nitrogen and oxygen atoms in total. The summed E-state index contributed by atoms with van der Waals surface area (Å²) in [5, 5.41) is 0. The van der Waals surface area contributed by atoms with Crippen LogP contribution in [-0.4, -0.2) is 11.6 Å². The van der Waals surface area contributed by atoms with Crippen LogP contribution in [0.1, 0.15) is 99.8 Å². The highest BCUT2D eigenvalue weighted by Crippen LogP contribution is 2.23. The highest BCUT2D eigenvalue weighted by Gasteiger charge is 2.09. The van der Waals surface area contributed by atoms with Crippen molar-refractivity contribution in [2.75, 3.05) is 0 Å². The van der Waals surface area contributed by atoms with Crippen molar-refractivity contribution in [1.82, 2.24) is 0 Å². The lowest BCUT2D eigenvalue weighted by Gasteiger charge is -2.08. The second-order valence-electron chi connectivity index (χ2n) is 9.28. The Kier molecular flexibility index (Phi) is 10.5. The first-order valence-corrected chi connectivity index (χ1v) is 11.8. The van der Waals surface area contributed by atoms with Crippen LogP contribution in [0.2, 0.25) is 0 Å². The zero-order valence-electron chi connectivity index (χ0n) is 19.7. The standard InChI is InChI=1S/C28H38O3/c1-21(2)9-5-7-11-27(29)23-13-17-25(18-14-23)31-26-19-15-24(16-20-26)28(30)12-8-6-10-22(3)4/h13-22H,5-12H2,1-4H3. The molecule has 0 saturated heterocycles. The van der Waals surface area contributed by atoms with Crippen LogP contribution >= 0.6 is 0 Å². The van der Waals surface area contributed by atoms with E-state index in [1.807, 2.05) is 48.5 Å². The summed E-state index contributed by atoms with van der Waals surface area (Å²) in [5.41, 5.74) is 1.46. The molecule has 2 aromatic carbocycles. The van der Waals surface area contributed by atoms with Gasteiger partial charge in [-0.2, -0.15) is 0 Å². The number of ether oxygens (including phenoxy) is 1. The van der Waals surface area contributed by atoms with Gasteiger partial charge in [0.25, 0.3) is 0 Å². The van der Waals surface area contributed by atoms with Crippen LogP contribution in [0, 0.1) is 11.8 Å². The fourth-order valence-corrected chi connectivity index (χ4v) is 3.52. The highest BCUT2D eigenvalue weighted by molar-refractivity contribution is 5.96. The topological polar surface area (TPSA) is 43.4 Å². The van der Waals surface area contributed by atoms with Gasteiger partial charge < -0.3 is 4.74 Å². The first kappa shape index (κ1) is 24.8. The summed E-state index contributed by atoms with van der Waals surface area (Å²) in [7, 11) is 0. The Morgan fingerprint density at radius 1 is 0.613 bits per heavy atom. The van der Waals surface area contributed by atoms with Crippen LogP contribution in [0.15, 0.2) is 48.5 Å². The minimum Gasteiger partial charge on any atom is -0.457 e. The molecule has 0 saturated carbocycles. The van der Waals surface area contributed by atoms with E-state index in [0.29, 0.717) is 36.2 Å². The van der Waals surface area contributed by atoms with Crippen LogP contribution < -0.4 is 4.74 Å². The number of rotatable bonds is 14. The SMILES string of the molecule is CC(C)CCCCC(=O)c1ccc(Oc2ccc(C(=O)CCCCC(C)C)cc2)cc1. The largest absolute Gasteiger partial charge is 0.457 e. The molecule has 0 N–H and O–H groups in total. The van der Waals surface area contributed by atoms with Crippen LogP contribution in [0.5, 0.6) is 11.5 Å². The van der Waals surface area contributed by atoms with Gasteiger partial charge in [0.15, 0.2) is 11.6 Å². The Balaban J connectivity index is 1.81. The van der Waals surface area contributed by atoms with E-state index in [-0.39, 0.29) is 11.6 Å². The molecule has 0 aliphatic rings. The molecular weight excluding hydrogens is 384 g/mol. The van der Waals surface area contributed by atoms with E-state index in [1.165, 1.54) is 12.8 Å². The average Bonchev–Trinajstić information content (AvgIpc) is 2.75. The molecule has 0 aliphatic heterocycles. The van der Waals surface area contributed by atoms with Crippen molar-refractivity contribution in [1.29, 1.82) is 0 Å². The normalized spacial score (nSPS) is 11.2. The predicted molar refractivity (Wildman–Crippen MR) is 128 cm³/mol. The Hall–Kier alpha value is -2.42. The predicted octanol–water partition coefficient (Wildman–Crippen LogP) is 8.28. The Bertz CT molecular complexity index is 732. The van der Waals surface area contributed by atoms with Crippen molar-refractivity contribution in [2.24, 2.45) is 11.8 Å². The third-order valence-electron chi connectivity index (χ3n) is 5.46. The molecule has 2 aromatic rings. The molecule has 0 spiro atoms.